The number of carbonyl (C=O) groups excluding carboxylic acids is 1. The van der Waals surface area contributed by atoms with Gasteiger partial charge >= 0.3 is 0 Å². The number of rotatable bonds is 5. The molecule has 1 amide bonds. The number of hydrogen-bond donors (Lipinski definition) is 3. The molecule has 0 saturated heterocycles. The SMILES string of the molecule is Cc1cn(-c2cccc3[nH]c(-c4n[nH]c5ccc(-c6cncc(NC(=O)CC(C)(C)C)c6)cc45)nc23)cn1. The van der Waals surface area contributed by atoms with Gasteiger partial charge in [-0.15, -0.1) is 0 Å². The van der Waals surface area contributed by atoms with Crippen molar-refractivity contribution in [3.05, 3.63) is 73.1 Å². The minimum atomic E-state index is -0.0903. The lowest BCUT2D eigenvalue weighted by Gasteiger charge is -2.17. The van der Waals surface area contributed by atoms with Crippen LogP contribution in [0.2, 0.25) is 0 Å². The summed E-state index contributed by atoms with van der Waals surface area (Å²) in [7, 11) is 0. The van der Waals surface area contributed by atoms with Crippen LogP contribution < -0.4 is 5.32 Å². The van der Waals surface area contributed by atoms with Crippen LogP contribution in [0.4, 0.5) is 5.69 Å². The third-order valence-electron chi connectivity index (χ3n) is 6.31. The first-order valence-corrected chi connectivity index (χ1v) is 12.5. The molecule has 0 aliphatic heterocycles. The summed E-state index contributed by atoms with van der Waals surface area (Å²) in [5.41, 5.74) is 7.72. The Hall–Kier alpha value is -4.79. The van der Waals surface area contributed by atoms with Gasteiger partial charge < -0.3 is 14.9 Å². The summed E-state index contributed by atoms with van der Waals surface area (Å²) in [6.07, 6.45) is 7.66. The van der Waals surface area contributed by atoms with E-state index in [0.29, 0.717) is 17.9 Å². The number of pyridine rings is 1. The van der Waals surface area contributed by atoms with Gasteiger partial charge in [0.1, 0.15) is 11.2 Å². The van der Waals surface area contributed by atoms with Crippen LogP contribution in [-0.2, 0) is 4.79 Å². The van der Waals surface area contributed by atoms with E-state index >= 15 is 0 Å². The Labute approximate surface area is 219 Å². The van der Waals surface area contributed by atoms with Gasteiger partial charge in [-0.25, -0.2) is 9.97 Å². The molecule has 0 fully saturated rings. The van der Waals surface area contributed by atoms with Gasteiger partial charge in [0, 0.05) is 29.8 Å². The number of hydrogen-bond acceptors (Lipinski definition) is 5. The van der Waals surface area contributed by atoms with E-state index in [1.807, 2.05) is 74.9 Å². The maximum Gasteiger partial charge on any atom is 0.224 e. The summed E-state index contributed by atoms with van der Waals surface area (Å²) in [6, 6.07) is 14.0. The van der Waals surface area contributed by atoms with Crippen molar-refractivity contribution < 1.29 is 4.79 Å². The Kier molecular flexibility index (Phi) is 5.56. The number of benzene rings is 2. The zero-order valence-corrected chi connectivity index (χ0v) is 21.7. The van der Waals surface area contributed by atoms with Gasteiger partial charge in [0.25, 0.3) is 0 Å². The van der Waals surface area contributed by atoms with Crippen LogP contribution >= 0.6 is 0 Å². The normalized spacial score (nSPS) is 11.9. The number of fused-ring (bicyclic) bond motifs is 2. The lowest BCUT2D eigenvalue weighted by Crippen LogP contribution is -2.19. The minimum Gasteiger partial charge on any atom is -0.336 e. The van der Waals surface area contributed by atoms with Crippen LogP contribution in [0.3, 0.4) is 0 Å². The average Bonchev–Trinajstić information content (AvgIpc) is 3.60. The number of imidazole rings is 2. The second-order valence-electron chi connectivity index (χ2n) is 10.8. The van der Waals surface area contributed by atoms with Crippen molar-refractivity contribution in [1.82, 2.24) is 34.7 Å². The number of nitrogens with zero attached hydrogens (tertiary/aromatic N) is 5. The van der Waals surface area contributed by atoms with Crippen molar-refractivity contribution in [1.29, 1.82) is 0 Å². The lowest BCUT2D eigenvalue weighted by atomic mass is 9.92. The van der Waals surface area contributed by atoms with E-state index in [0.717, 1.165) is 50.1 Å². The molecule has 0 saturated carbocycles. The molecule has 9 heteroatoms. The van der Waals surface area contributed by atoms with Crippen molar-refractivity contribution in [3.8, 4) is 28.3 Å². The average molecular weight is 505 g/mol. The Balaban J connectivity index is 1.36. The van der Waals surface area contributed by atoms with Gasteiger partial charge in [0.05, 0.1) is 40.6 Å². The highest BCUT2D eigenvalue weighted by molar-refractivity contribution is 5.97. The van der Waals surface area contributed by atoms with E-state index in [4.69, 9.17) is 4.98 Å². The predicted molar refractivity (Wildman–Crippen MR) is 149 cm³/mol. The van der Waals surface area contributed by atoms with E-state index in [1.165, 1.54) is 0 Å². The van der Waals surface area contributed by atoms with Crippen molar-refractivity contribution in [2.24, 2.45) is 5.41 Å². The van der Waals surface area contributed by atoms with Gasteiger partial charge in [-0.3, -0.25) is 14.9 Å². The number of anilines is 1. The van der Waals surface area contributed by atoms with E-state index in [9.17, 15) is 4.79 Å². The molecular formula is C29H28N8O. The molecule has 9 nitrogen and oxygen atoms in total. The molecule has 0 radical (unpaired) electrons. The van der Waals surface area contributed by atoms with Gasteiger partial charge in [-0.05, 0) is 48.2 Å². The Morgan fingerprint density at radius 2 is 1.92 bits per heavy atom. The highest BCUT2D eigenvalue weighted by Crippen LogP contribution is 2.32. The molecule has 190 valence electrons. The van der Waals surface area contributed by atoms with Gasteiger partial charge in [-0.1, -0.05) is 32.9 Å². The van der Waals surface area contributed by atoms with E-state index < -0.39 is 0 Å². The molecule has 0 bridgehead atoms. The summed E-state index contributed by atoms with van der Waals surface area (Å²) in [5, 5.41) is 11.6. The predicted octanol–water partition coefficient (Wildman–Crippen LogP) is 6.04. The van der Waals surface area contributed by atoms with E-state index in [-0.39, 0.29) is 11.3 Å². The molecule has 6 rings (SSSR count). The number of aryl methyl sites for hydroxylation is 1. The van der Waals surface area contributed by atoms with Crippen molar-refractivity contribution in [3.63, 3.8) is 0 Å². The largest absolute Gasteiger partial charge is 0.336 e. The fraction of sp³-hybridized carbons (Fsp3) is 0.207. The molecule has 6 aromatic rings. The van der Waals surface area contributed by atoms with Crippen molar-refractivity contribution >= 4 is 33.5 Å². The maximum atomic E-state index is 12.4. The Morgan fingerprint density at radius 3 is 2.71 bits per heavy atom. The third-order valence-corrected chi connectivity index (χ3v) is 6.31. The topological polar surface area (TPSA) is 117 Å². The Bertz CT molecular complexity index is 1800. The van der Waals surface area contributed by atoms with E-state index in [1.54, 1.807) is 18.7 Å². The van der Waals surface area contributed by atoms with Crippen LogP contribution in [0.5, 0.6) is 0 Å². The first-order chi connectivity index (χ1) is 18.2. The fourth-order valence-corrected chi connectivity index (χ4v) is 4.62. The summed E-state index contributed by atoms with van der Waals surface area (Å²) >= 11 is 0. The Morgan fingerprint density at radius 1 is 1.05 bits per heavy atom. The molecule has 0 atom stereocenters. The van der Waals surface area contributed by atoms with Crippen LogP contribution in [0, 0.1) is 12.3 Å². The number of H-pyrrole nitrogens is 2. The number of carbonyl (C=O) groups is 1. The molecule has 38 heavy (non-hydrogen) atoms. The lowest BCUT2D eigenvalue weighted by molar-refractivity contribution is -0.117. The number of aromatic amines is 2. The number of amides is 1. The van der Waals surface area contributed by atoms with Crippen LogP contribution in [-0.4, -0.2) is 40.6 Å². The monoisotopic (exact) mass is 504 g/mol. The van der Waals surface area contributed by atoms with Gasteiger partial charge in [-0.2, -0.15) is 5.10 Å². The number of para-hydroxylation sites is 1. The number of nitrogens with one attached hydrogen (secondary N) is 3. The standard InChI is InChI=1S/C29H28N8O/c1-17-15-37(16-31-17)24-7-5-6-23-27(24)34-28(33-23)26-21-11-18(8-9-22(21)35-36-26)19-10-20(14-30-13-19)32-25(38)12-29(2,3)4/h5-11,13-16H,12H2,1-4H3,(H,32,38)(H,33,34)(H,35,36). The summed E-state index contributed by atoms with van der Waals surface area (Å²) < 4.78 is 1.98. The van der Waals surface area contributed by atoms with Crippen LogP contribution in [0.15, 0.2) is 67.4 Å². The summed E-state index contributed by atoms with van der Waals surface area (Å²) in [6.45, 7) is 8.09. The zero-order chi connectivity index (χ0) is 26.4. The third kappa shape index (κ3) is 4.54. The zero-order valence-electron chi connectivity index (χ0n) is 21.7. The summed E-state index contributed by atoms with van der Waals surface area (Å²) in [5.74, 6) is 0.646. The van der Waals surface area contributed by atoms with Crippen LogP contribution in [0.1, 0.15) is 32.9 Å². The van der Waals surface area contributed by atoms with Crippen LogP contribution in [0.25, 0.3) is 50.3 Å². The smallest absolute Gasteiger partial charge is 0.224 e. The molecular weight excluding hydrogens is 476 g/mol. The quantitative estimate of drug-likeness (QED) is 0.265. The number of aromatic nitrogens is 7. The summed E-state index contributed by atoms with van der Waals surface area (Å²) in [4.78, 5) is 29.5. The first-order valence-electron chi connectivity index (χ1n) is 12.5. The molecule has 4 heterocycles. The van der Waals surface area contributed by atoms with Gasteiger partial charge in [0.2, 0.25) is 5.91 Å². The molecule has 3 N–H and O–H groups in total. The molecule has 0 unspecified atom stereocenters. The minimum absolute atomic E-state index is 0.0286. The molecule has 0 aliphatic carbocycles. The maximum absolute atomic E-state index is 12.4. The second-order valence-corrected chi connectivity index (χ2v) is 10.8. The molecule has 0 spiro atoms. The van der Waals surface area contributed by atoms with Crippen molar-refractivity contribution in [2.45, 2.75) is 34.1 Å². The molecule has 4 aromatic heterocycles. The first kappa shape index (κ1) is 23.6. The molecule has 2 aromatic carbocycles. The second kappa shape index (κ2) is 8.95. The van der Waals surface area contributed by atoms with Gasteiger partial charge in [0.15, 0.2) is 5.82 Å². The highest BCUT2D eigenvalue weighted by atomic mass is 16.1. The van der Waals surface area contributed by atoms with E-state index in [2.05, 4.69) is 36.5 Å². The van der Waals surface area contributed by atoms with Crippen molar-refractivity contribution in [2.75, 3.05) is 5.32 Å². The fourth-order valence-electron chi connectivity index (χ4n) is 4.62. The molecule has 0 aliphatic rings. The highest BCUT2D eigenvalue weighted by Gasteiger charge is 2.18.